The van der Waals surface area contributed by atoms with Crippen LogP contribution in [0, 0.1) is 5.92 Å². The predicted octanol–water partition coefficient (Wildman–Crippen LogP) is 2.27. The lowest BCUT2D eigenvalue weighted by Gasteiger charge is -2.17. The predicted molar refractivity (Wildman–Crippen MR) is 78.8 cm³/mol. The van der Waals surface area contributed by atoms with Gasteiger partial charge in [0.25, 0.3) is 15.2 Å². The number of nitrogens with zero attached hydrogens (tertiary/aromatic N) is 3. The Balaban J connectivity index is 3.21. The summed E-state index contributed by atoms with van der Waals surface area (Å²) in [6, 6.07) is 0. The first-order valence-electron chi connectivity index (χ1n) is 7.27. The Hall–Kier alpha value is -0.950. The lowest BCUT2D eigenvalue weighted by molar-refractivity contribution is 0.440. The molecule has 0 spiro atoms. The summed E-state index contributed by atoms with van der Waals surface area (Å²) in [6.45, 7) is 8.86. The van der Waals surface area contributed by atoms with Crippen LogP contribution in [-0.2, 0) is 16.6 Å². The van der Waals surface area contributed by atoms with Crippen LogP contribution >= 0.6 is 0 Å². The summed E-state index contributed by atoms with van der Waals surface area (Å²) in [6.07, 6.45) is 4.11. The number of sulfonamides is 1. The molecule has 1 aromatic rings. The number of unbranched alkanes of at least 4 members (excludes halogenated alkanes) is 1. The Morgan fingerprint density at radius 3 is 2.35 bits per heavy atom. The topological polar surface area (TPSA) is 90.9 Å². The molecule has 0 aliphatic carbocycles. The van der Waals surface area contributed by atoms with Gasteiger partial charge in [-0.2, -0.15) is 0 Å². The fourth-order valence-corrected chi connectivity index (χ4v) is 2.95. The maximum Gasteiger partial charge on any atom is 0.273 e. The summed E-state index contributed by atoms with van der Waals surface area (Å²) in [4.78, 5) is 0. The van der Waals surface area contributed by atoms with E-state index in [1.165, 1.54) is 0 Å². The summed E-state index contributed by atoms with van der Waals surface area (Å²) in [5.74, 6) is 1.28. The van der Waals surface area contributed by atoms with Crippen molar-refractivity contribution in [1.29, 1.82) is 0 Å². The van der Waals surface area contributed by atoms with E-state index < -0.39 is 10.0 Å². The molecule has 116 valence electrons. The van der Waals surface area contributed by atoms with Crippen LogP contribution in [0.3, 0.4) is 0 Å². The molecule has 0 amide bonds. The van der Waals surface area contributed by atoms with Gasteiger partial charge in [-0.3, -0.25) is 0 Å². The first kappa shape index (κ1) is 17.1. The average Bonchev–Trinajstić information content (AvgIpc) is 2.73. The third kappa shape index (κ3) is 4.28. The third-order valence-electron chi connectivity index (χ3n) is 3.31. The Kier molecular flexibility index (Phi) is 6.13. The van der Waals surface area contributed by atoms with Gasteiger partial charge in [0.1, 0.15) is 5.82 Å². The quantitative estimate of drug-likeness (QED) is 0.797. The highest BCUT2D eigenvalue weighted by atomic mass is 32.2. The summed E-state index contributed by atoms with van der Waals surface area (Å²) in [7, 11) is -3.83. The summed E-state index contributed by atoms with van der Waals surface area (Å²) in [5.41, 5.74) is 0. The second kappa shape index (κ2) is 7.17. The summed E-state index contributed by atoms with van der Waals surface area (Å²) in [5, 5.41) is 13.1. The maximum absolute atomic E-state index is 11.6. The molecule has 0 aliphatic rings. The van der Waals surface area contributed by atoms with Gasteiger partial charge in [0, 0.05) is 12.5 Å². The second-order valence-electron chi connectivity index (χ2n) is 5.64. The highest BCUT2D eigenvalue weighted by Crippen LogP contribution is 2.26. The molecule has 1 heterocycles. The smallest absolute Gasteiger partial charge is 0.273 e. The molecule has 7 heteroatoms. The van der Waals surface area contributed by atoms with E-state index in [-0.39, 0.29) is 11.1 Å². The van der Waals surface area contributed by atoms with Gasteiger partial charge in [-0.05, 0) is 18.8 Å². The van der Waals surface area contributed by atoms with Crippen LogP contribution in [-0.4, -0.2) is 23.2 Å². The van der Waals surface area contributed by atoms with Gasteiger partial charge in [0.05, 0.1) is 0 Å². The molecule has 20 heavy (non-hydrogen) atoms. The van der Waals surface area contributed by atoms with Gasteiger partial charge < -0.3 is 4.57 Å². The molecule has 1 aromatic heterocycles. The van der Waals surface area contributed by atoms with E-state index >= 15 is 0 Å². The molecule has 0 fully saturated rings. The lowest BCUT2D eigenvalue weighted by atomic mass is 9.98. The van der Waals surface area contributed by atoms with E-state index in [2.05, 4.69) is 24.0 Å². The zero-order valence-corrected chi connectivity index (χ0v) is 13.7. The number of hydrogen-bond acceptors (Lipinski definition) is 4. The van der Waals surface area contributed by atoms with Crippen LogP contribution in [0.25, 0.3) is 0 Å². The Morgan fingerprint density at radius 2 is 1.90 bits per heavy atom. The van der Waals surface area contributed by atoms with E-state index in [0.717, 1.165) is 31.5 Å². The molecule has 1 atom stereocenters. The second-order valence-corrected chi connectivity index (χ2v) is 7.09. The zero-order chi connectivity index (χ0) is 15.3. The van der Waals surface area contributed by atoms with Crippen molar-refractivity contribution < 1.29 is 8.42 Å². The number of nitrogens with two attached hydrogens (primary N) is 1. The Morgan fingerprint density at radius 1 is 1.25 bits per heavy atom. The standard InChI is InChI=1S/C13H26N4O2S/c1-5-7-8-11(6-2)12-15-16-13(20(14,18)19)17(12)9-10(3)4/h10-11H,5-9H2,1-4H3,(H2,14,18,19). The molecule has 6 nitrogen and oxygen atoms in total. The first-order valence-corrected chi connectivity index (χ1v) is 8.81. The number of primary sulfonamides is 1. The molecule has 0 saturated carbocycles. The molecule has 0 bridgehead atoms. The van der Waals surface area contributed by atoms with Crippen molar-refractivity contribution in [2.24, 2.45) is 11.1 Å². The summed E-state index contributed by atoms with van der Waals surface area (Å²) >= 11 is 0. The van der Waals surface area contributed by atoms with Gasteiger partial charge in [0.2, 0.25) is 0 Å². The van der Waals surface area contributed by atoms with Crippen LogP contribution in [0.15, 0.2) is 5.16 Å². The number of hydrogen-bond donors (Lipinski definition) is 1. The Bertz CT molecular complexity index is 522. The SMILES string of the molecule is CCCCC(CC)c1nnc(S(N)(=O)=O)n1CC(C)C. The molecule has 2 N–H and O–H groups in total. The Labute approximate surface area is 121 Å². The van der Waals surface area contributed by atoms with E-state index in [9.17, 15) is 8.42 Å². The molecule has 0 aromatic carbocycles. The van der Waals surface area contributed by atoms with E-state index in [4.69, 9.17) is 5.14 Å². The van der Waals surface area contributed by atoms with Gasteiger partial charge in [-0.1, -0.05) is 40.5 Å². The van der Waals surface area contributed by atoms with Gasteiger partial charge in [-0.25, -0.2) is 13.6 Å². The van der Waals surface area contributed by atoms with Crippen LogP contribution in [0.4, 0.5) is 0 Å². The van der Waals surface area contributed by atoms with Crippen molar-refractivity contribution in [2.75, 3.05) is 0 Å². The zero-order valence-electron chi connectivity index (χ0n) is 12.8. The molecule has 1 rings (SSSR count). The van der Waals surface area contributed by atoms with Crippen molar-refractivity contribution >= 4 is 10.0 Å². The van der Waals surface area contributed by atoms with Crippen LogP contribution < -0.4 is 5.14 Å². The normalized spacial score (nSPS) is 13.9. The van der Waals surface area contributed by atoms with Gasteiger partial charge in [-0.15, -0.1) is 10.2 Å². The minimum atomic E-state index is -3.83. The minimum absolute atomic E-state index is 0.115. The molecule has 0 radical (unpaired) electrons. The fourth-order valence-electron chi connectivity index (χ4n) is 2.32. The van der Waals surface area contributed by atoms with Crippen molar-refractivity contribution in [2.45, 2.75) is 71.0 Å². The molecule has 0 aliphatic heterocycles. The maximum atomic E-state index is 11.6. The lowest BCUT2D eigenvalue weighted by Crippen LogP contribution is -2.22. The molecule has 0 saturated heterocycles. The van der Waals surface area contributed by atoms with Crippen LogP contribution in [0.1, 0.15) is 65.1 Å². The average molecular weight is 302 g/mol. The number of aromatic nitrogens is 3. The van der Waals surface area contributed by atoms with Crippen molar-refractivity contribution in [3.05, 3.63) is 5.82 Å². The largest absolute Gasteiger partial charge is 0.300 e. The van der Waals surface area contributed by atoms with Crippen molar-refractivity contribution in [3.63, 3.8) is 0 Å². The van der Waals surface area contributed by atoms with Crippen molar-refractivity contribution in [1.82, 2.24) is 14.8 Å². The molecular formula is C13H26N4O2S. The van der Waals surface area contributed by atoms with E-state index in [1.54, 1.807) is 4.57 Å². The third-order valence-corrected chi connectivity index (χ3v) is 4.12. The van der Waals surface area contributed by atoms with Crippen LogP contribution in [0.5, 0.6) is 0 Å². The van der Waals surface area contributed by atoms with E-state index in [1.807, 2.05) is 13.8 Å². The summed E-state index contributed by atoms with van der Waals surface area (Å²) < 4.78 is 24.9. The van der Waals surface area contributed by atoms with Gasteiger partial charge >= 0.3 is 0 Å². The highest BCUT2D eigenvalue weighted by molar-refractivity contribution is 7.89. The number of rotatable bonds is 8. The first-order chi connectivity index (χ1) is 9.31. The van der Waals surface area contributed by atoms with E-state index in [0.29, 0.717) is 12.5 Å². The highest BCUT2D eigenvalue weighted by Gasteiger charge is 2.25. The monoisotopic (exact) mass is 302 g/mol. The minimum Gasteiger partial charge on any atom is -0.300 e. The van der Waals surface area contributed by atoms with Crippen LogP contribution in [0.2, 0.25) is 0 Å². The van der Waals surface area contributed by atoms with Gasteiger partial charge in [0.15, 0.2) is 0 Å². The molecule has 1 unspecified atom stereocenters. The molecular weight excluding hydrogens is 276 g/mol. The van der Waals surface area contributed by atoms with Crippen molar-refractivity contribution in [3.8, 4) is 0 Å². The fraction of sp³-hybridized carbons (Fsp3) is 0.846.